The minimum atomic E-state index is -0.510. The normalized spacial score (nSPS) is 15.9. The third kappa shape index (κ3) is 5.15. The number of benzene rings is 2. The number of allylic oxidation sites excluding steroid dienone is 1. The predicted octanol–water partition coefficient (Wildman–Crippen LogP) is 3.57. The summed E-state index contributed by atoms with van der Waals surface area (Å²) in [6.07, 6.45) is 0. The van der Waals surface area contributed by atoms with Gasteiger partial charge < -0.3 is 25.0 Å². The number of ether oxygens (including phenoxy) is 2. The summed E-state index contributed by atoms with van der Waals surface area (Å²) in [7, 11) is 3.34. The van der Waals surface area contributed by atoms with Crippen molar-refractivity contribution in [2.75, 3.05) is 32.7 Å². The van der Waals surface area contributed by atoms with Crippen LogP contribution in [0.3, 0.4) is 0 Å². The first-order chi connectivity index (χ1) is 15.3. The van der Waals surface area contributed by atoms with Gasteiger partial charge in [0.2, 0.25) is 0 Å². The van der Waals surface area contributed by atoms with Crippen molar-refractivity contribution >= 4 is 34.9 Å². The van der Waals surface area contributed by atoms with Gasteiger partial charge in [0.1, 0.15) is 6.61 Å². The van der Waals surface area contributed by atoms with Gasteiger partial charge in [-0.3, -0.25) is 4.79 Å². The fourth-order valence-electron chi connectivity index (χ4n) is 3.47. The van der Waals surface area contributed by atoms with Crippen LogP contribution in [-0.4, -0.2) is 49.3 Å². The number of carbonyl (C=O) groups excluding carboxylic acids is 2. The Morgan fingerprint density at radius 2 is 1.88 bits per heavy atom. The first kappa shape index (κ1) is 23.4. The second-order valence-corrected chi connectivity index (χ2v) is 7.85. The van der Waals surface area contributed by atoms with E-state index in [1.54, 1.807) is 31.2 Å². The van der Waals surface area contributed by atoms with E-state index in [-0.39, 0.29) is 12.5 Å². The van der Waals surface area contributed by atoms with Crippen LogP contribution in [0.2, 0.25) is 0 Å². The number of rotatable bonds is 7. The van der Waals surface area contributed by atoms with E-state index in [9.17, 15) is 9.59 Å². The van der Waals surface area contributed by atoms with Crippen molar-refractivity contribution in [2.24, 2.45) is 0 Å². The Hall–Kier alpha value is -3.23. The molecular weight excluding hydrogens is 426 g/mol. The molecule has 1 amide bonds. The molecule has 0 saturated carbocycles. The lowest BCUT2D eigenvalue weighted by atomic mass is 9.94. The van der Waals surface area contributed by atoms with Crippen LogP contribution in [0.1, 0.15) is 34.5 Å². The number of aryl methyl sites for hydroxylation is 1. The number of anilines is 1. The lowest BCUT2D eigenvalue weighted by molar-refractivity contribution is -0.140. The molecule has 0 aliphatic carbocycles. The minimum absolute atomic E-state index is 0.152. The number of methoxy groups -OCH3 is 1. The molecule has 0 unspecified atom stereocenters. The number of amides is 1. The quantitative estimate of drug-likeness (QED) is 0.377. The van der Waals surface area contributed by atoms with Gasteiger partial charge in [0.05, 0.1) is 18.2 Å². The van der Waals surface area contributed by atoms with E-state index in [1.807, 2.05) is 50.2 Å². The molecule has 0 aromatic heterocycles. The van der Waals surface area contributed by atoms with Gasteiger partial charge in [-0.25, -0.2) is 4.79 Å². The lowest BCUT2D eigenvalue weighted by Gasteiger charge is -2.35. The first-order valence-corrected chi connectivity index (χ1v) is 10.6. The Labute approximate surface area is 193 Å². The van der Waals surface area contributed by atoms with Gasteiger partial charge in [-0.05, 0) is 55.4 Å². The van der Waals surface area contributed by atoms with Crippen LogP contribution in [0.5, 0.6) is 0 Å². The number of thiocarbonyl (C=S) groups is 1. The summed E-state index contributed by atoms with van der Waals surface area (Å²) in [5.41, 5.74) is 4.06. The summed E-state index contributed by atoms with van der Waals surface area (Å²) in [4.78, 5) is 27.4. The zero-order valence-electron chi connectivity index (χ0n) is 18.6. The van der Waals surface area contributed by atoms with Gasteiger partial charge >= 0.3 is 5.97 Å². The Bertz CT molecular complexity index is 1070. The maximum absolute atomic E-state index is 12.9. The molecule has 1 aliphatic heterocycles. The largest absolute Gasteiger partial charge is 0.460 e. The highest BCUT2D eigenvalue weighted by molar-refractivity contribution is 7.80. The minimum Gasteiger partial charge on any atom is -0.460 e. The van der Waals surface area contributed by atoms with Crippen LogP contribution >= 0.6 is 12.2 Å². The number of nitrogens with one attached hydrogen (secondary N) is 2. The molecule has 0 radical (unpaired) electrons. The van der Waals surface area contributed by atoms with Crippen LogP contribution in [0.25, 0.3) is 0 Å². The van der Waals surface area contributed by atoms with Gasteiger partial charge in [-0.1, -0.05) is 30.3 Å². The molecule has 1 atom stereocenters. The van der Waals surface area contributed by atoms with E-state index < -0.39 is 12.0 Å². The highest BCUT2D eigenvalue weighted by atomic mass is 32.1. The van der Waals surface area contributed by atoms with Crippen molar-refractivity contribution in [3.8, 4) is 0 Å². The number of carbonyl (C=O) groups is 2. The Balaban J connectivity index is 1.89. The third-order valence-electron chi connectivity index (χ3n) is 5.36. The zero-order chi connectivity index (χ0) is 23.3. The molecule has 2 aromatic rings. The molecule has 32 heavy (non-hydrogen) atoms. The number of nitrogens with zero attached hydrogens (tertiary/aromatic N) is 1. The SMILES string of the molecule is COCCOC(=O)C1=C(C)N(C)C(=S)N[C@H]1c1cccc(NC(=O)c2ccccc2C)c1. The van der Waals surface area contributed by atoms with Crippen molar-refractivity contribution in [3.05, 3.63) is 76.5 Å². The molecule has 1 heterocycles. The van der Waals surface area contributed by atoms with Gasteiger partial charge in [-0.15, -0.1) is 0 Å². The smallest absolute Gasteiger partial charge is 0.338 e. The number of hydrogen-bond acceptors (Lipinski definition) is 5. The van der Waals surface area contributed by atoms with E-state index in [4.69, 9.17) is 21.7 Å². The fraction of sp³-hybridized carbons (Fsp3) is 0.292. The Kier molecular flexibility index (Phi) is 7.61. The second kappa shape index (κ2) is 10.4. The van der Waals surface area contributed by atoms with Crippen LogP contribution in [-0.2, 0) is 14.3 Å². The highest BCUT2D eigenvalue weighted by Gasteiger charge is 2.33. The zero-order valence-corrected chi connectivity index (χ0v) is 19.4. The van der Waals surface area contributed by atoms with E-state index in [1.165, 1.54) is 0 Å². The standard InChI is InChI=1S/C24H27N3O4S/c1-15-8-5-6-11-19(15)22(28)25-18-10-7-9-17(14-18)21-20(23(29)31-13-12-30-4)16(2)27(3)24(32)26-21/h5-11,14,21H,12-13H2,1-4H3,(H,25,28)(H,26,32)/t21-/m0/s1. The number of hydrogen-bond donors (Lipinski definition) is 2. The molecule has 8 heteroatoms. The maximum atomic E-state index is 12.9. The summed E-state index contributed by atoms with van der Waals surface area (Å²) >= 11 is 5.45. The van der Waals surface area contributed by atoms with Gasteiger partial charge in [0, 0.05) is 31.1 Å². The number of esters is 1. The van der Waals surface area contributed by atoms with Gasteiger partial charge in [0.25, 0.3) is 5.91 Å². The third-order valence-corrected chi connectivity index (χ3v) is 5.75. The molecule has 1 aliphatic rings. The van der Waals surface area contributed by atoms with E-state index in [0.717, 1.165) is 11.1 Å². The highest BCUT2D eigenvalue weighted by Crippen LogP contribution is 2.32. The average Bonchev–Trinajstić information content (AvgIpc) is 2.77. The van der Waals surface area contributed by atoms with Crippen molar-refractivity contribution in [2.45, 2.75) is 19.9 Å². The summed E-state index contributed by atoms with van der Waals surface area (Å²) < 4.78 is 10.4. The van der Waals surface area contributed by atoms with Crippen molar-refractivity contribution in [1.82, 2.24) is 10.2 Å². The monoisotopic (exact) mass is 453 g/mol. The second-order valence-electron chi connectivity index (χ2n) is 7.46. The fourth-order valence-corrected chi connectivity index (χ4v) is 3.72. The van der Waals surface area contributed by atoms with Crippen molar-refractivity contribution < 1.29 is 19.1 Å². The van der Waals surface area contributed by atoms with E-state index >= 15 is 0 Å². The summed E-state index contributed by atoms with van der Waals surface area (Å²) in [6, 6.07) is 14.2. The predicted molar refractivity (Wildman–Crippen MR) is 127 cm³/mol. The van der Waals surface area contributed by atoms with Gasteiger partial charge in [0.15, 0.2) is 5.11 Å². The summed E-state index contributed by atoms with van der Waals surface area (Å²) in [5.74, 6) is -0.640. The Morgan fingerprint density at radius 3 is 2.59 bits per heavy atom. The van der Waals surface area contributed by atoms with Crippen LogP contribution < -0.4 is 10.6 Å². The maximum Gasteiger partial charge on any atom is 0.338 e. The summed E-state index contributed by atoms with van der Waals surface area (Å²) in [6.45, 7) is 4.19. The first-order valence-electron chi connectivity index (χ1n) is 10.2. The topological polar surface area (TPSA) is 79.9 Å². The molecule has 7 nitrogen and oxygen atoms in total. The molecule has 0 saturated heterocycles. The van der Waals surface area contributed by atoms with E-state index in [2.05, 4.69) is 10.6 Å². The van der Waals surface area contributed by atoms with Crippen LogP contribution in [0.15, 0.2) is 59.8 Å². The molecule has 2 N–H and O–H groups in total. The van der Waals surface area contributed by atoms with Gasteiger partial charge in [-0.2, -0.15) is 0 Å². The van der Waals surface area contributed by atoms with Crippen LogP contribution in [0.4, 0.5) is 5.69 Å². The molecule has 3 rings (SSSR count). The van der Waals surface area contributed by atoms with Crippen molar-refractivity contribution in [1.29, 1.82) is 0 Å². The molecule has 0 bridgehead atoms. The average molecular weight is 454 g/mol. The molecule has 2 aromatic carbocycles. The summed E-state index contributed by atoms with van der Waals surface area (Å²) in [5, 5.41) is 6.64. The van der Waals surface area contributed by atoms with Crippen LogP contribution in [0, 0.1) is 6.92 Å². The van der Waals surface area contributed by atoms with Crippen molar-refractivity contribution in [3.63, 3.8) is 0 Å². The Morgan fingerprint density at radius 1 is 1.12 bits per heavy atom. The lowest BCUT2D eigenvalue weighted by Crippen LogP contribution is -2.46. The molecule has 0 spiro atoms. The van der Waals surface area contributed by atoms with E-state index in [0.29, 0.717) is 34.2 Å². The molecule has 0 fully saturated rings. The molecular formula is C24H27N3O4S. The molecule has 168 valence electrons.